The second-order valence-electron chi connectivity index (χ2n) is 6.59. The van der Waals surface area contributed by atoms with Crippen LogP contribution in [0.4, 0.5) is 4.39 Å². The molecule has 132 valence electrons. The molecule has 0 bridgehead atoms. The lowest BCUT2D eigenvalue weighted by Gasteiger charge is -2.18. The summed E-state index contributed by atoms with van der Waals surface area (Å²) in [4.78, 5) is 14.5. The summed E-state index contributed by atoms with van der Waals surface area (Å²) in [5.74, 6) is -0.303. The second kappa shape index (κ2) is 7.98. The van der Waals surface area contributed by atoms with E-state index in [1.807, 2.05) is 24.3 Å². The van der Waals surface area contributed by atoms with Crippen molar-refractivity contribution in [1.82, 2.24) is 4.90 Å². The van der Waals surface area contributed by atoms with Crippen molar-refractivity contribution in [3.8, 4) is 0 Å². The largest absolute Gasteiger partial charge is 0.338 e. The van der Waals surface area contributed by atoms with Crippen LogP contribution in [0.3, 0.4) is 0 Å². The van der Waals surface area contributed by atoms with Gasteiger partial charge in [0.25, 0.3) is 5.91 Å². The van der Waals surface area contributed by atoms with Crippen molar-refractivity contribution in [3.63, 3.8) is 0 Å². The fourth-order valence-electron chi connectivity index (χ4n) is 3.37. The van der Waals surface area contributed by atoms with Gasteiger partial charge >= 0.3 is 0 Å². The summed E-state index contributed by atoms with van der Waals surface area (Å²) in [6.07, 6.45) is 2.47. The lowest BCUT2D eigenvalue weighted by Crippen LogP contribution is -2.29. The van der Waals surface area contributed by atoms with Crippen molar-refractivity contribution < 1.29 is 9.18 Å². The van der Waals surface area contributed by atoms with Gasteiger partial charge in [0.2, 0.25) is 0 Å². The molecule has 0 aromatic heterocycles. The minimum absolute atomic E-state index is 0.151. The molecule has 25 heavy (non-hydrogen) atoms. The maximum atomic E-state index is 14.1. The molecule has 5 heteroatoms. The molecule has 1 unspecified atom stereocenters. The summed E-state index contributed by atoms with van der Waals surface area (Å²) in [5.41, 5.74) is 7.80. The normalized spacial score (nSPS) is 17.1. The number of hydrogen-bond donors (Lipinski definition) is 1. The van der Waals surface area contributed by atoms with E-state index in [1.54, 1.807) is 17.0 Å². The number of rotatable bonds is 5. The van der Waals surface area contributed by atoms with Gasteiger partial charge in [-0.05, 0) is 67.1 Å². The fourth-order valence-corrected chi connectivity index (χ4v) is 3.49. The topological polar surface area (TPSA) is 46.3 Å². The molecule has 0 saturated carbocycles. The summed E-state index contributed by atoms with van der Waals surface area (Å²) < 4.78 is 14.1. The Kier molecular flexibility index (Phi) is 5.71. The summed E-state index contributed by atoms with van der Waals surface area (Å²) in [6.45, 7) is 1.80. The number of benzene rings is 2. The van der Waals surface area contributed by atoms with Gasteiger partial charge in [-0.1, -0.05) is 29.8 Å². The zero-order chi connectivity index (χ0) is 17.8. The molecule has 1 aliphatic rings. The fraction of sp³-hybridized carbons (Fsp3) is 0.350. The van der Waals surface area contributed by atoms with Crippen molar-refractivity contribution in [1.29, 1.82) is 0 Å². The van der Waals surface area contributed by atoms with Gasteiger partial charge in [0.15, 0.2) is 0 Å². The molecule has 2 aromatic carbocycles. The number of amides is 1. The van der Waals surface area contributed by atoms with Crippen LogP contribution in [-0.2, 0) is 12.8 Å². The standard InChI is InChI=1S/C20H22ClFN2O/c21-17-4-1-14(2-5-17)11-16-8-10-24(13-16)20(25)18-12-15(7-9-23)3-6-19(18)22/h1-6,12,16H,7-11,13,23H2. The highest BCUT2D eigenvalue weighted by molar-refractivity contribution is 6.30. The van der Waals surface area contributed by atoms with Gasteiger partial charge in [0.1, 0.15) is 5.82 Å². The Morgan fingerprint density at radius 2 is 1.92 bits per heavy atom. The van der Waals surface area contributed by atoms with Crippen molar-refractivity contribution in [2.24, 2.45) is 11.7 Å². The Labute approximate surface area is 152 Å². The van der Waals surface area contributed by atoms with Crippen LogP contribution < -0.4 is 5.73 Å². The highest BCUT2D eigenvalue weighted by Gasteiger charge is 2.28. The van der Waals surface area contributed by atoms with Crippen LogP contribution in [-0.4, -0.2) is 30.4 Å². The first kappa shape index (κ1) is 17.9. The Morgan fingerprint density at radius 1 is 1.20 bits per heavy atom. The molecule has 3 rings (SSSR count). The first-order valence-electron chi connectivity index (χ1n) is 8.59. The van der Waals surface area contributed by atoms with Crippen molar-refractivity contribution >= 4 is 17.5 Å². The molecule has 0 aliphatic carbocycles. The number of halogens is 2. The Morgan fingerprint density at radius 3 is 2.64 bits per heavy atom. The van der Waals surface area contributed by atoms with E-state index in [9.17, 15) is 9.18 Å². The van der Waals surface area contributed by atoms with Crippen LogP contribution in [0.25, 0.3) is 0 Å². The smallest absolute Gasteiger partial charge is 0.256 e. The van der Waals surface area contributed by atoms with E-state index in [2.05, 4.69) is 0 Å². The minimum Gasteiger partial charge on any atom is -0.338 e. The zero-order valence-corrected chi connectivity index (χ0v) is 14.8. The third-order valence-electron chi connectivity index (χ3n) is 4.70. The van der Waals surface area contributed by atoms with Gasteiger partial charge in [0, 0.05) is 18.1 Å². The third-order valence-corrected chi connectivity index (χ3v) is 4.96. The van der Waals surface area contributed by atoms with Gasteiger partial charge in [-0.3, -0.25) is 4.79 Å². The average molecular weight is 361 g/mol. The highest BCUT2D eigenvalue weighted by atomic mass is 35.5. The minimum atomic E-state index is -0.466. The van der Waals surface area contributed by atoms with Crippen LogP contribution in [0.15, 0.2) is 42.5 Å². The number of likely N-dealkylation sites (tertiary alicyclic amines) is 1. The summed E-state index contributed by atoms with van der Waals surface area (Å²) in [5, 5.41) is 0.722. The van der Waals surface area contributed by atoms with E-state index in [4.69, 9.17) is 17.3 Å². The number of hydrogen-bond acceptors (Lipinski definition) is 2. The van der Waals surface area contributed by atoms with E-state index in [0.717, 1.165) is 23.4 Å². The Hall–Kier alpha value is -1.91. The van der Waals surface area contributed by atoms with E-state index < -0.39 is 5.82 Å². The van der Waals surface area contributed by atoms with Gasteiger partial charge < -0.3 is 10.6 Å². The van der Waals surface area contributed by atoms with Crippen LogP contribution in [0, 0.1) is 11.7 Å². The van der Waals surface area contributed by atoms with Crippen LogP contribution in [0.1, 0.15) is 27.9 Å². The molecule has 1 aliphatic heterocycles. The zero-order valence-electron chi connectivity index (χ0n) is 14.1. The van der Waals surface area contributed by atoms with Crippen LogP contribution >= 0.6 is 11.6 Å². The Balaban J connectivity index is 1.66. The molecule has 1 amide bonds. The maximum absolute atomic E-state index is 14.1. The molecular formula is C20H22ClFN2O. The first-order valence-corrected chi connectivity index (χ1v) is 8.97. The molecule has 1 fully saturated rings. The van der Waals surface area contributed by atoms with Crippen molar-refractivity contribution in [2.75, 3.05) is 19.6 Å². The molecular weight excluding hydrogens is 339 g/mol. The quantitative estimate of drug-likeness (QED) is 0.884. The molecule has 3 nitrogen and oxygen atoms in total. The molecule has 0 radical (unpaired) electrons. The van der Waals surface area contributed by atoms with E-state index in [-0.39, 0.29) is 11.5 Å². The predicted molar refractivity (Wildman–Crippen MR) is 98.3 cm³/mol. The third kappa shape index (κ3) is 4.39. The molecule has 0 spiro atoms. The Bertz CT molecular complexity index is 748. The van der Waals surface area contributed by atoms with Crippen LogP contribution in [0.5, 0.6) is 0 Å². The lowest BCUT2D eigenvalue weighted by atomic mass is 9.99. The van der Waals surface area contributed by atoms with Gasteiger partial charge in [-0.25, -0.2) is 4.39 Å². The molecule has 1 heterocycles. The number of nitrogens with zero attached hydrogens (tertiary/aromatic N) is 1. The second-order valence-corrected chi connectivity index (χ2v) is 7.03. The SMILES string of the molecule is NCCc1ccc(F)c(C(=O)N2CCC(Cc3ccc(Cl)cc3)C2)c1. The number of carbonyl (C=O) groups is 1. The summed E-state index contributed by atoms with van der Waals surface area (Å²) >= 11 is 5.91. The summed E-state index contributed by atoms with van der Waals surface area (Å²) in [7, 11) is 0. The van der Waals surface area contributed by atoms with Crippen LogP contribution in [0.2, 0.25) is 5.02 Å². The monoisotopic (exact) mass is 360 g/mol. The van der Waals surface area contributed by atoms with E-state index in [0.29, 0.717) is 32.0 Å². The first-order chi connectivity index (χ1) is 12.1. The highest BCUT2D eigenvalue weighted by Crippen LogP contribution is 2.24. The molecule has 2 aromatic rings. The summed E-state index contributed by atoms with van der Waals surface area (Å²) in [6, 6.07) is 12.5. The number of nitrogens with two attached hydrogens (primary N) is 1. The molecule has 2 N–H and O–H groups in total. The van der Waals surface area contributed by atoms with Crippen molar-refractivity contribution in [2.45, 2.75) is 19.3 Å². The average Bonchev–Trinajstić information content (AvgIpc) is 3.07. The number of carbonyl (C=O) groups excluding carboxylic acids is 1. The van der Waals surface area contributed by atoms with E-state index >= 15 is 0 Å². The van der Waals surface area contributed by atoms with Gasteiger partial charge in [-0.15, -0.1) is 0 Å². The van der Waals surface area contributed by atoms with Crippen molar-refractivity contribution in [3.05, 3.63) is 70.0 Å². The molecule has 1 atom stereocenters. The van der Waals surface area contributed by atoms with Gasteiger partial charge in [0.05, 0.1) is 5.56 Å². The molecule has 1 saturated heterocycles. The predicted octanol–water partition coefficient (Wildman–Crippen LogP) is 3.69. The maximum Gasteiger partial charge on any atom is 0.256 e. The lowest BCUT2D eigenvalue weighted by molar-refractivity contribution is 0.0782. The van der Waals surface area contributed by atoms with Gasteiger partial charge in [-0.2, -0.15) is 0 Å². The van der Waals surface area contributed by atoms with E-state index in [1.165, 1.54) is 11.6 Å².